The molecule has 1 aromatic heterocycles. The number of aromatic hydroxyl groups is 1. The molecular formula is C21H25F3N4O. The standard InChI is InChI=1S/C21H25F3N4O/c1-13-11-14(21(22,23)24)12-18(29)20(13)15-7-8-19(26-25-15)28-10-4-5-16-17(28)6-3-9-27(16)2/h7-8,11-12,16-17,29H,3-6,9-10H2,1-2H3/t16-,17-/m0/s1. The molecule has 1 aromatic carbocycles. The first kappa shape index (κ1) is 19.9. The minimum absolute atomic E-state index is 0.283. The van der Waals surface area contributed by atoms with Gasteiger partial charge in [-0.3, -0.25) is 0 Å². The molecule has 8 heteroatoms. The van der Waals surface area contributed by atoms with Gasteiger partial charge in [-0.05, 0) is 76.0 Å². The molecule has 0 aliphatic carbocycles. The highest BCUT2D eigenvalue weighted by Crippen LogP contribution is 2.39. The number of halogens is 3. The van der Waals surface area contributed by atoms with Crippen molar-refractivity contribution in [2.45, 2.75) is 50.9 Å². The van der Waals surface area contributed by atoms with E-state index in [1.54, 1.807) is 6.07 Å². The van der Waals surface area contributed by atoms with Crippen molar-refractivity contribution in [2.24, 2.45) is 0 Å². The number of hydrogen-bond acceptors (Lipinski definition) is 5. The SMILES string of the molecule is Cc1cc(C(F)(F)F)cc(O)c1-c1ccc(N2CCC[C@H]3[C@@H]2CCCN3C)nn1. The number of phenols is 1. The van der Waals surface area contributed by atoms with Gasteiger partial charge < -0.3 is 14.9 Å². The quantitative estimate of drug-likeness (QED) is 0.809. The predicted octanol–water partition coefficient (Wildman–Crippen LogP) is 4.24. The number of fused-ring (bicyclic) bond motifs is 1. The molecule has 2 aliphatic heterocycles. The summed E-state index contributed by atoms with van der Waals surface area (Å²) in [5.74, 6) is 0.342. The first-order valence-corrected chi connectivity index (χ1v) is 9.97. The number of hydrogen-bond donors (Lipinski definition) is 1. The number of likely N-dealkylation sites (tertiary alicyclic amines) is 1. The van der Waals surface area contributed by atoms with Crippen molar-refractivity contribution in [3.8, 4) is 17.0 Å². The lowest BCUT2D eigenvalue weighted by atomic mass is 9.88. The Labute approximate surface area is 168 Å². The maximum Gasteiger partial charge on any atom is 0.416 e. The summed E-state index contributed by atoms with van der Waals surface area (Å²) in [4.78, 5) is 4.73. The van der Waals surface area contributed by atoms with Crippen LogP contribution in [0.25, 0.3) is 11.3 Å². The highest BCUT2D eigenvalue weighted by molar-refractivity contribution is 5.71. The highest BCUT2D eigenvalue weighted by Gasteiger charge is 2.37. The van der Waals surface area contributed by atoms with E-state index in [4.69, 9.17) is 0 Å². The van der Waals surface area contributed by atoms with Gasteiger partial charge in [-0.2, -0.15) is 13.2 Å². The largest absolute Gasteiger partial charge is 0.507 e. The van der Waals surface area contributed by atoms with E-state index in [0.717, 1.165) is 50.3 Å². The molecule has 0 amide bonds. The Morgan fingerprint density at radius 2 is 1.76 bits per heavy atom. The van der Waals surface area contributed by atoms with Gasteiger partial charge in [-0.25, -0.2) is 0 Å². The van der Waals surface area contributed by atoms with Crippen LogP contribution in [0.4, 0.5) is 19.0 Å². The van der Waals surface area contributed by atoms with Gasteiger partial charge in [0.15, 0.2) is 5.82 Å². The lowest BCUT2D eigenvalue weighted by Crippen LogP contribution is -2.57. The minimum atomic E-state index is -4.51. The van der Waals surface area contributed by atoms with Crippen molar-refractivity contribution in [3.05, 3.63) is 35.4 Å². The third-order valence-corrected chi connectivity index (χ3v) is 6.16. The molecule has 0 spiro atoms. The molecule has 0 saturated carbocycles. The first-order valence-electron chi connectivity index (χ1n) is 9.97. The Bertz CT molecular complexity index is 861. The average Bonchev–Trinajstić information content (AvgIpc) is 2.67. The number of rotatable bonds is 2. The van der Waals surface area contributed by atoms with Crippen molar-refractivity contribution >= 4 is 5.82 Å². The molecule has 5 nitrogen and oxygen atoms in total. The normalized spacial score (nSPS) is 23.1. The number of likely N-dealkylation sites (N-methyl/N-ethyl adjacent to an activating group) is 1. The fraction of sp³-hybridized carbons (Fsp3) is 0.524. The molecule has 3 heterocycles. The van der Waals surface area contributed by atoms with E-state index in [2.05, 4.69) is 27.0 Å². The summed E-state index contributed by atoms with van der Waals surface area (Å²) in [6, 6.07) is 6.27. The summed E-state index contributed by atoms with van der Waals surface area (Å²) >= 11 is 0. The molecule has 2 saturated heterocycles. The van der Waals surface area contributed by atoms with Crippen LogP contribution in [0.5, 0.6) is 5.75 Å². The van der Waals surface area contributed by atoms with Gasteiger partial charge in [0.25, 0.3) is 0 Å². The second-order valence-corrected chi connectivity index (χ2v) is 8.05. The van der Waals surface area contributed by atoms with Crippen LogP contribution in [0.1, 0.15) is 36.8 Å². The van der Waals surface area contributed by atoms with Gasteiger partial charge in [0.1, 0.15) is 5.75 Å². The van der Waals surface area contributed by atoms with E-state index in [-0.39, 0.29) is 5.56 Å². The van der Waals surface area contributed by atoms with E-state index >= 15 is 0 Å². The first-order chi connectivity index (χ1) is 13.8. The summed E-state index contributed by atoms with van der Waals surface area (Å²) < 4.78 is 38.9. The molecule has 2 atom stereocenters. The molecule has 29 heavy (non-hydrogen) atoms. The van der Waals surface area contributed by atoms with E-state index in [1.165, 1.54) is 13.3 Å². The number of piperidine rings is 2. The van der Waals surface area contributed by atoms with Crippen LogP contribution in [-0.4, -0.2) is 52.4 Å². The molecule has 2 aromatic rings. The van der Waals surface area contributed by atoms with Crippen LogP contribution in [-0.2, 0) is 6.18 Å². The molecule has 156 valence electrons. The van der Waals surface area contributed by atoms with Crippen molar-refractivity contribution in [3.63, 3.8) is 0 Å². The topological polar surface area (TPSA) is 52.5 Å². The maximum absolute atomic E-state index is 13.0. The number of aryl methyl sites for hydroxylation is 1. The molecular weight excluding hydrogens is 381 g/mol. The van der Waals surface area contributed by atoms with Gasteiger partial charge in [-0.15, -0.1) is 10.2 Å². The summed E-state index contributed by atoms with van der Waals surface area (Å²) in [5.41, 5.74) is 0.0886. The Hall–Kier alpha value is -2.35. The number of phenolic OH excluding ortho intramolecular Hbond substituents is 1. The Morgan fingerprint density at radius 3 is 2.41 bits per heavy atom. The fourth-order valence-electron chi connectivity index (χ4n) is 4.78. The monoisotopic (exact) mass is 406 g/mol. The highest BCUT2D eigenvalue weighted by atomic mass is 19.4. The Kier molecular flexibility index (Phi) is 5.14. The van der Waals surface area contributed by atoms with Gasteiger partial charge in [0, 0.05) is 24.2 Å². The second kappa shape index (κ2) is 7.48. The third-order valence-electron chi connectivity index (χ3n) is 6.16. The zero-order chi connectivity index (χ0) is 20.8. The van der Waals surface area contributed by atoms with Gasteiger partial charge >= 0.3 is 6.18 Å². The third kappa shape index (κ3) is 3.77. The summed E-state index contributed by atoms with van der Waals surface area (Å²) in [5, 5.41) is 18.8. The van der Waals surface area contributed by atoms with Crippen LogP contribution in [0.15, 0.2) is 24.3 Å². The number of nitrogens with zero attached hydrogens (tertiary/aromatic N) is 4. The smallest absolute Gasteiger partial charge is 0.416 e. The van der Waals surface area contributed by atoms with Crippen molar-refractivity contribution in [1.82, 2.24) is 15.1 Å². The molecule has 0 unspecified atom stereocenters. The van der Waals surface area contributed by atoms with Gasteiger partial charge in [0.05, 0.1) is 11.3 Å². The van der Waals surface area contributed by atoms with Gasteiger partial charge in [0.2, 0.25) is 0 Å². The van der Waals surface area contributed by atoms with E-state index < -0.39 is 17.5 Å². The Morgan fingerprint density at radius 1 is 1.03 bits per heavy atom. The fourth-order valence-corrected chi connectivity index (χ4v) is 4.78. The second-order valence-electron chi connectivity index (χ2n) is 8.05. The summed E-state index contributed by atoms with van der Waals surface area (Å²) in [6.07, 6.45) is 0.0410. The number of alkyl halides is 3. The molecule has 2 aliphatic rings. The summed E-state index contributed by atoms with van der Waals surface area (Å²) in [7, 11) is 2.17. The lowest BCUT2D eigenvalue weighted by molar-refractivity contribution is -0.137. The zero-order valence-corrected chi connectivity index (χ0v) is 16.6. The Balaban J connectivity index is 1.62. The van der Waals surface area contributed by atoms with Crippen molar-refractivity contribution < 1.29 is 18.3 Å². The maximum atomic E-state index is 13.0. The van der Waals surface area contributed by atoms with Crippen LogP contribution in [0, 0.1) is 6.92 Å². The van der Waals surface area contributed by atoms with Crippen molar-refractivity contribution in [2.75, 3.05) is 25.0 Å². The van der Waals surface area contributed by atoms with E-state index in [0.29, 0.717) is 23.3 Å². The number of anilines is 1. The molecule has 2 fully saturated rings. The zero-order valence-electron chi connectivity index (χ0n) is 16.6. The number of benzene rings is 1. The van der Waals surface area contributed by atoms with E-state index in [1.807, 2.05) is 6.07 Å². The van der Waals surface area contributed by atoms with Crippen molar-refractivity contribution in [1.29, 1.82) is 0 Å². The van der Waals surface area contributed by atoms with Crippen LogP contribution >= 0.6 is 0 Å². The van der Waals surface area contributed by atoms with Crippen LogP contribution in [0.2, 0.25) is 0 Å². The summed E-state index contributed by atoms with van der Waals surface area (Å²) in [6.45, 7) is 3.58. The molecule has 4 rings (SSSR count). The lowest BCUT2D eigenvalue weighted by Gasteiger charge is -2.48. The molecule has 0 radical (unpaired) electrons. The average molecular weight is 406 g/mol. The number of aromatic nitrogens is 2. The van der Waals surface area contributed by atoms with Gasteiger partial charge in [-0.1, -0.05) is 0 Å². The predicted molar refractivity (Wildman–Crippen MR) is 105 cm³/mol. The molecule has 1 N–H and O–H groups in total. The van der Waals surface area contributed by atoms with Crippen LogP contribution < -0.4 is 4.90 Å². The van der Waals surface area contributed by atoms with Crippen LogP contribution in [0.3, 0.4) is 0 Å². The molecule has 0 bridgehead atoms. The van der Waals surface area contributed by atoms with E-state index in [9.17, 15) is 18.3 Å². The minimum Gasteiger partial charge on any atom is -0.507 e.